The van der Waals surface area contributed by atoms with Gasteiger partial charge in [0.25, 0.3) is 0 Å². The molecule has 0 spiro atoms. The number of carbonyl (C=O) groups excluding carboxylic acids is 1. The number of ether oxygens (including phenoxy) is 1. The standard InChI is InChI=1S/C11H20N2O2/c1-3-15-11(14)10(2)9-13-7-4-5-12-6-8-13/h12H,2-9H2,1H3. The molecule has 1 rings (SSSR count). The van der Waals surface area contributed by atoms with Crippen molar-refractivity contribution < 1.29 is 9.53 Å². The number of hydrogen-bond acceptors (Lipinski definition) is 4. The van der Waals surface area contributed by atoms with Gasteiger partial charge in [-0.3, -0.25) is 4.90 Å². The molecule has 0 amide bonds. The van der Waals surface area contributed by atoms with Crippen molar-refractivity contribution in [2.75, 3.05) is 39.3 Å². The zero-order valence-corrected chi connectivity index (χ0v) is 9.42. The number of carbonyl (C=O) groups is 1. The Morgan fingerprint density at radius 1 is 1.47 bits per heavy atom. The van der Waals surface area contributed by atoms with Gasteiger partial charge >= 0.3 is 5.97 Å². The van der Waals surface area contributed by atoms with Crippen LogP contribution in [0.25, 0.3) is 0 Å². The smallest absolute Gasteiger partial charge is 0.334 e. The zero-order chi connectivity index (χ0) is 11.1. The van der Waals surface area contributed by atoms with E-state index < -0.39 is 0 Å². The first-order chi connectivity index (χ1) is 7.24. The van der Waals surface area contributed by atoms with Gasteiger partial charge in [-0.2, -0.15) is 0 Å². The van der Waals surface area contributed by atoms with E-state index in [1.54, 1.807) is 6.92 Å². The lowest BCUT2D eigenvalue weighted by molar-refractivity contribution is -0.138. The van der Waals surface area contributed by atoms with Crippen LogP contribution >= 0.6 is 0 Å². The molecule has 0 aliphatic carbocycles. The molecule has 0 radical (unpaired) electrons. The molecular formula is C11H20N2O2. The minimum absolute atomic E-state index is 0.269. The molecule has 1 N–H and O–H groups in total. The lowest BCUT2D eigenvalue weighted by Gasteiger charge is -2.19. The number of nitrogens with zero attached hydrogens (tertiary/aromatic N) is 1. The molecule has 0 bridgehead atoms. The Morgan fingerprint density at radius 3 is 3.00 bits per heavy atom. The fourth-order valence-corrected chi connectivity index (χ4v) is 1.63. The van der Waals surface area contributed by atoms with E-state index in [-0.39, 0.29) is 5.97 Å². The van der Waals surface area contributed by atoms with Gasteiger partial charge in [-0.25, -0.2) is 4.79 Å². The summed E-state index contributed by atoms with van der Waals surface area (Å²) in [6.45, 7) is 10.6. The monoisotopic (exact) mass is 212 g/mol. The van der Waals surface area contributed by atoms with Crippen molar-refractivity contribution in [2.24, 2.45) is 0 Å². The first kappa shape index (κ1) is 12.2. The lowest BCUT2D eigenvalue weighted by atomic mass is 10.2. The normalized spacial score (nSPS) is 18.2. The summed E-state index contributed by atoms with van der Waals surface area (Å²) in [7, 11) is 0. The van der Waals surface area contributed by atoms with Gasteiger partial charge in [-0.05, 0) is 26.4 Å². The number of esters is 1. The van der Waals surface area contributed by atoms with Crippen LogP contribution in [0.15, 0.2) is 12.2 Å². The largest absolute Gasteiger partial charge is 0.463 e. The van der Waals surface area contributed by atoms with Crippen molar-refractivity contribution in [3.63, 3.8) is 0 Å². The second kappa shape index (κ2) is 6.58. The van der Waals surface area contributed by atoms with Crippen LogP contribution < -0.4 is 5.32 Å². The lowest BCUT2D eigenvalue weighted by Crippen LogP contribution is -2.31. The zero-order valence-electron chi connectivity index (χ0n) is 9.42. The van der Waals surface area contributed by atoms with Crippen LogP contribution in [0.5, 0.6) is 0 Å². The number of nitrogens with one attached hydrogen (secondary N) is 1. The Hall–Kier alpha value is -0.870. The van der Waals surface area contributed by atoms with Crippen molar-refractivity contribution in [3.05, 3.63) is 12.2 Å². The Labute approximate surface area is 91.3 Å². The molecule has 0 aromatic rings. The Balaban J connectivity index is 2.32. The summed E-state index contributed by atoms with van der Waals surface area (Å²) in [4.78, 5) is 13.6. The molecule has 0 saturated carbocycles. The summed E-state index contributed by atoms with van der Waals surface area (Å²) in [5.41, 5.74) is 0.554. The topological polar surface area (TPSA) is 41.6 Å². The second-order valence-electron chi connectivity index (χ2n) is 3.70. The highest BCUT2D eigenvalue weighted by molar-refractivity contribution is 5.88. The molecule has 0 unspecified atom stereocenters. The summed E-state index contributed by atoms with van der Waals surface area (Å²) in [5.74, 6) is -0.269. The molecule has 86 valence electrons. The van der Waals surface area contributed by atoms with Crippen LogP contribution in [-0.2, 0) is 9.53 Å². The average Bonchev–Trinajstić information content (AvgIpc) is 2.46. The summed E-state index contributed by atoms with van der Waals surface area (Å²) >= 11 is 0. The predicted octanol–water partition coefficient (Wildman–Crippen LogP) is 0.401. The van der Waals surface area contributed by atoms with E-state index in [4.69, 9.17) is 4.74 Å². The molecule has 0 aromatic carbocycles. The fourth-order valence-electron chi connectivity index (χ4n) is 1.63. The fraction of sp³-hybridized carbons (Fsp3) is 0.727. The molecule has 1 fully saturated rings. The van der Waals surface area contributed by atoms with Crippen LogP contribution in [0.3, 0.4) is 0 Å². The maximum absolute atomic E-state index is 11.3. The Morgan fingerprint density at radius 2 is 2.27 bits per heavy atom. The molecular weight excluding hydrogens is 192 g/mol. The highest BCUT2D eigenvalue weighted by atomic mass is 16.5. The van der Waals surface area contributed by atoms with Gasteiger partial charge in [0, 0.05) is 25.2 Å². The molecule has 1 heterocycles. The van der Waals surface area contributed by atoms with E-state index in [9.17, 15) is 4.79 Å². The molecule has 4 heteroatoms. The molecule has 1 aliphatic heterocycles. The Bertz CT molecular complexity index is 221. The second-order valence-corrected chi connectivity index (χ2v) is 3.70. The summed E-state index contributed by atoms with van der Waals surface area (Å²) in [6.07, 6.45) is 1.12. The van der Waals surface area contributed by atoms with E-state index in [1.165, 1.54) is 0 Å². The van der Waals surface area contributed by atoms with Crippen molar-refractivity contribution in [1.82, 2.24) is 10.2 Å². The van der Waals surface area contributed by atoms with E-state index in [2.05, 4.69) is 16.8 Å². The van der Waals surface area contributed by atoms with Gasteiger partial charge in [0.2, 0.25) is 0 Å². The maximum Gasteiger partial charge on any atom is 0.334 e. The van der Waals surface area contributed by atoms with Crippen LogP contribution in [-0.4, -0.2) is 50.2 Å². The van der Waals surface area contributed by atoms with Gasteiger partial charge in [-0.15, -0.1) is 0 Å². The van der Waals surface area contributed by atoms with Gasteiger partial charge in [0.15, 0.2) is 0 Å². The van der Waals surface area contributed by atoms with Crippen molar-refractivity contribution in [1.29, 1.82) is 0 Å². The molecule has 1 saturated heterocycles. The highest BCUT2D eigenvalue weighted by Gasteiger charge is 2.14. The van der Waals surface area contributed by atoms with Gasteiger partial charge in [-0.1, -0.05) is 6.58 Å². The van der Waals surface area contributed by atoms with Crippen molar-refractivity contribution in [2.45, 2.75) is 13.3 Å². The first-order valence-corrected chi connectivity index (χ1v) is 5.52. The average molecular weight is 212 g/mol. The van der Waals surface area contributed by atoms with Gasteiger partial charge in [0.1, 0.15) is 0 Å². The molecule has 4 nitrogen and oxygen atoms in total. The summed E-state index contributed by atoms with van der Waals surface area (Å²) in [5, 5.41) is 3.32. The Kier molecular flexibility index (Phi) is 5.36. The van der Waals surface area contributed by atoms with Gasteiger partial charge < -0.3 is 10.1 Å². The maximum atomic E-state index is 11.3. The third-order valence-corrected chi connectivity index (χ3v) is 2.41. The predicted molar refractivity (Wildman–Crippen MR) is 59.7 cm³/mol. The van der Waals surface area contributed by atoms with E-state index >= 15 is 0 Å². The van der Waals surface area contributed by atoms with Crippen LogP contribution in [0.2, 0.25) is 0 Å². The number of rotatable bonds is 4. The minimum Gasteiger partial charge on any atom is -0.463 e. The third-order valence-electron chi connectivity index (χ3n) is 2.41. The van der Waals surface area contributed by atoms with Crippen LogP contribution in [0.1, 0.15) is 13.3 Å². The van der Waals surface area contributed by atoms with Crippen LogP contribution in [0.4, 0.5) is 0 Å². The SMILES string of the molecule is C=C(CN1CCCNCC1)C(=O)OCC. The van der Waals surface area contributed by atoms with E-state index in [1.807, 2.05) is 0 Å². The van der Waals surface area contributed by atoms with Crippen molar-refractivity contribution >= 4 is 5.97 Å². The summed E-state index contributed by atoms with van der Waals surface area (Å²) < 4.78 is 4.90. The molecule has 0 atom stereocenters. The molecule has 1 aliphatic rings. The van der Waals surface area contributed by atoms with Crippen LogP contribution in [0, 0.1) is 0 Å². The minimum atomic E-state index is -0.269. The molecule has 0 aromatic heterocycles. The third kappa shape index (κ3) is 4.44. The number of hydrogen-bond donors (Lipinski definition) is 1. The van der Waals surface area contributed by atoms with Gasteiger partial charge in [0.05, 0.1) is 6.61 Å². The van der Waals surface area contributed by atoms with Crippen molar-refractivity contribution in [3.8, 4) is 0 Å². The quantitative estimate of drug-likeness (QED) is 0.541. The first-order valence-electron chi connectivity index (χ1n) is 5.52. The molecule has 15 heavy (non-hydrogen) atoms. The highest BCUT2D eigenvalue weighted by Crippen LogP contribution is 2.02. The van der Waals surface area contributed by atoms with E-state index in [0.29, 0.717) is 18.7 Å². The van der Waals surface area contributed by atoms with E-state index in [0.717, 1.165) is 32.6 Å². The summed E-state index contributed by atoms with van der Waals surface area (Å²) in [6, 6.07) is 0.